The number of rotatable bonds is 1. The van der Waals surface area contributed by atoms with Gasteiger partial charge in [-0.3, -0.25) is 10.2 Å². The van der Waals surface area contributed by atoms with Gasteiger partial charge in [0.25, 0.3) is 5.91 Å². The Morgan fingerprint density at radius 2 is 2.00 bits per heavy atom. The molecule has 0 unspecified atom stereocenters. The summed E-state index contributed by atoms with van der Waals surface area (Å²) in [6, 6.07) is 4.24. The molecule has 1 aromatic rings. The fourth-order valence-electron chi connectivity index (χ4n) is 1.38. The lowest BCUT2D eigenvalue weighted by Gasteiger charge is -2.01. The highest BCUT2D eigenvalue weighted by atomic mass is 32.2. The average Bonchev–Trinajstić information content (AvgIpc) is 2.41. The minimum absolute atomic E-state index is 0.113. The summed E-state index contributed by atoms with van der Waals surface area (Å²) in [4.78, 5) is 11.2. The number of nitrogens with one attached hydrogen (secondary N) is 2. The van der Waals surface area contributed by atoms with Crippen LogP contribution in [0.4, 0.5) is 5.69 Å². The lowest BCUT2D eigenvalue weighted by molar-refractivity contribution is -0.110. The van der Waals surface area contributed by atoms with E-state index in [1.54, 1.807) is 0 Å². The van der Waals surface area contributed by atoms with E-state index in [-0.39, 0.29) is 10.6 Å². The zero-order valence-corrected chi connectivity index (χ0v) is 8.68. The predicted octanol–water partition coefficient (Wildman–Crippen LogP) is 0.410. The quantitative estimate of drug-likeness (QED) is 0.724. The van der Waals surface area contributed by atoms with E-state index >= 15 is 0 Å². The second-order valence-electron chi connectivity index (χ2n) is 3.31. The smallest absolute Gasteiger partial charge is 0.274 e. The molecule has 2 rings (SSSR count). The van der Waals surface area contributed by atoms with Gasteiger partial charge in [-0.25, -0.2) is 8.42 Å². The van der Waals surface area contributed by atoms with E-state index in [1.165, 1.54) is 18.2 Å². The molecule has 1 aliphatic rings. The van der Waals surface area contributed by atoms with Crippen LogP contribution >= 0.6 is 0 Å². The Morgan fingerprint density at radius 1 is 1.33 bits per heavy atom. The fourth-order valence-corrected chi connectivity index (χ4v) is 2.02. The van der Waals surface area contributed by atoms with Gasteiger partial charge in [0.1, 0.15) is 5.71 Å². The maximum Gasteiger partial charge on any atom is 0.274 e. The van der Waals surface area contributed by atoms with Crippen LogP contribution in [0, 0.1) is 5.41 Å². The van der Waals surface area contributed by atoms with Crippen LogP contribution in [0.25, 0.3) is 0 Å². The minimum Gasteiger partial charge on any atom is -0.320 e. The van der Waals surface area contributed by atoms with Crippen LogP contribution in [0.2, 0.25) is 0 Å². The summed E-state index contributed by atoms with van der Waals surface area (Å²) in [5.74, 6) is -0.504. The van der Waals surface area contributed by atoms with Crippen molar-refractivity contribution in [2.45, 2.75) is 4.90 Å². The lowest BCUT2D eigenvalue weighted by Crippen LogP contribution is -2.12. The third-order valence-electron chi connectivity index (χ3n) is 2.16. The van der Waals surface area contributed by atoms with Gasteiger partial charge in [0, 0.05) is 11.8 Å². The van der Waals surface area contributed by atoms with E-state index in [0.29, 0.717) is 11.3 Å². The summed E-state index contributed by atoms with van der Waals surface area (Å²) in [5.41, 5.74) is 0.621. The van der Waals surface area contributed by atoms with E-state index < -0.39 is 15.7 Å². The zero-order chi connectivity index (χ0) is 11.2. The molecule has 0 aromatic heterocycles. The molecule has 5 nitrogen and oxygen atoms in total. The summed E-state index contributed by atoms with van der Waals surface area (Å²) in [6.07, 6.45) is 1.09. The highest BCUT2D eigenvalue weighted by molar-refractivity contribution is 7.90. The molecule has 0 aliphatic carbocycles. The second-order valence-corrected chi connectivity index (χ2v) is 5.32. The molecule has 1 aliphatic heterocycles. The van der Waals surface area contributed by atoms with Crippen LogP contribution in [0.3, 0.4) is 0 Å². The minimum atomic E-state index is -3.30. The molecule has 78 valence electrons. The second kappa shape index (κ2) is 2.90. The van der Waals surface area contributed by atoms with E-state index in [0.717, 1.165) is 6.26 Å². The highest BCUT2D eigenvalue weighted by Gasteiger charge is 2.25. The number of hydrogen-bond donors (Lipinski definition) is 2. The highest BCUT2D eigenvalue weighted by Crippen LogP contribution is 2.25. The third-order valence-corrected chi connectivity index (χ3v) is 3.27. The van der Waals surface area contributed by atoms with E-state index in [2.05, 4.69) is 5.32 Å². The van der Waals surface area contributed by atoms with E-state index in [1.807, 2.05) is 0 Å². The maximum absolute atomic E-state index is 11.2. The number of fused-ring (bicyclic) bond motifs is 1. The van der Waals surface area contributed by atoms with Gasteiger partial charge < -0.3 is 5.32 Å². The van der Waals surface area contributed by atoms with Gasteiger partial charge in [0.15, 0.2) is 9.84 Å². The van der Waals surface area contributed by atoms with Crippen molar-refractivity contribution >= 4 is 27.1 Å². The first-order chi connectivity index (χ1) is 6.89. The van der Waals surface area contributed by atoms with Crippen molar-refractivity contribution < 1.29 is 13.2 Å². The van der Waals surface area contributed by atoms with E-state index in [9.17, 15) is 13.2 Å². The number of carbonyl (C=O) groups is 1. The first-order valence-corrected chi connectivity index (χ1v) is 6.03. The Hall–Kier alpha value is -1.69. The maximum atomic E-state index is 11.2. The van der Waals surface area contributed by atoms with Crippen LogP contribution < -0.4 is 5.32 Å². The number of benzene rings is 1. The Balaban J connectivity index is 2.64. The summed E-state index contributed by atoms with van der Waals surface area (Å²) < 4.78 is 22.5. The Morgan fingerprint density at radius 3 is 2.60 bits per heavy atom. The zero-order valence-electron chi connectivity index (χ0n) is 7.87. The van der Waals surface area contributed by atoms with Crippen molar-refractivity contribution in [1.82, 2.24) is 0 Å². The molecule has 0 spiro atoms. The third kappa shape index (κ3) is 1.52. The summed E-state index contributed by atoms with van der Waals surface area (Å²) in [5, 5.41) is 9.90. The lowest BCUT2D eigenvalue weighted by atomic mass is 10.1. The van der Waals surface area contributed by atoms with Crippen molar-refractivity contribution in [3.05, 3.63) is 23.8 Å². The number of hydrogen-bond acceptors (Lipinski definition) is 4. The number of anilines is 1. The van der Waals surface area contributed by atoms with Crippen molar-refractivity contribution in [3.8, 4) is 0 Å². The summed E-state index contributed by atoms with van der Waals surface area (Å²) >= 11 is 0. The van der Waals surface area contributed by atoms with Crippen molar-refractivity contribution in [3.63, 3.8) is 0 Å². The first-order valence-electron chi connectivity index (χ1n) is 4.14. The van der Waals surface area contributed by atoms with Crippen molar-refractivity contribution in [2.24, 2.45) is 0 Å². The topological polar surface area (TPSA) is 87.1 Å². The Kier molecular flexibility index (Phi) is 1.90. The molecule has 15 heavy (non-hydrogen) atoms. The van der Waals surface area contributed by atoms with E-state index in [4.69, 9.17) is 5.41 Å². The van der Waals surface area contributed by atoms with Crippen LogP contribution in [0.1, 0.15) is 5.56 Å². The molecule has 2 N–H and O–H groups in total. The molecular formula is C9H8N2O3S. The summed E-state index contributed by atoms with van der Waals surface area (Å²) in [6.45, 7) is 0. The van der Waals surface area contributed by atoms with Crippen LogP contribution in [0.15, 0.2) is 23.1 Å². The van der Waals surface area contributed by atoms with Gasteiger partial charge >= 0.3 is 0 Å². The Labute approximate surface area is 86.5 Å². The molecular weight excluding hydrogens is 216 g/mol. The molecule has 1 heterocycles. The molecule has 1 amide bonds. The fraction of sp³-hybridized carbons (Fsp3) is 0.111. The van der Waals surface area contributed by atoms with Crippen molar-refractivity contribution in [2.75, 3.05) is 11.6 Å². The molecule has 0 radical (unpaired) electrons. The molecule has 1 aromatic carbocycles. The van der Waals surface area contributed by atoms with Crippen LogP contribution in [-0.4, -0.2) is 26.3 Å². The standard InChI is InChI=1S/C9H8N2O3S/c1-15(13,14)5-2-3-7-6(4-5)8(10)9(12)11-7/h2-4H,1H3,(H2,10,11,12). The molecule has 6 heteroatoms. The van der Waals surface area contributed by atoms with Gasteiger partial charge in [-0.15, -0.1) is 0 Å². The predicted molar refractivity (Wildman–Crippen MR) is 55.0 cm³/mol. The summed E-state index contributed by atoms with van der Waals surface area (Å²) in [7, 11) is -3.30. The molecule has 0 saturated carbocycles. The van der Waals surface area contributed by atoms with Gasteiger partial charge in [-0.05, 0) is 18.2 Å². The van der Waals surface area contributed by atoms with Gasteiger partial charge in [0.2, 0.25) is 0 Å². The molecule has 0 bridgehead atoms. The number of carbonyl (C=O) groups excluding carboxylic acids is 1. The molecule has 0 atom stereocenters. The monoisotopic (exact) mass is 224 g/mol. The largest absolute Gasteiger partial charge is 0.320 e. The Bertz CT molecular complexity index is 575. The van der Waals surface area contributed by atoms with Gasteiger partial charge in [-0.1, -0.05) is 0 Å². The number of sulfone groups is 1. The van der Waals surface area contributed by atoms with Gasteiger partial charge in [-0.2, -0.15) is 0 Å². The first kappa shape index (κ1) is 9.85. The average molecular weight is 224 g/mol. The van der Waals surface area contributed by atoms with Gasteiger partial charge in [0.05, 0.1) is 10.6 Å². The SMILES string of the molecule is CS(=O)(=O)c1ccc2c(c1)C(=N)C(=O)N2. The van der Waals surface area contributed by atoms with Crippen LogP contribution in [-0.2, 0) is 14.6 Å². The van der Waals surface area contributed by atoms with Crippen LogP contribution in [0.5, 0.6) is 0 Å². The van der Waals surface area contributed by atoms with Crippen molar-refractivity contribution in [1.29, 1.82) is 5.41 Å². The molecule has 0 fully saturated rings. The normalized spacial score (nSPS) is 15.0. The number of amides is 1. The molecule has 0 saturated heterocycles.